The van der Waals surface area contributed by atoms with Crippen molar-refractivity contribution in [3.63, 3.8) is 0 Å². The van der Waals surface area contributed by atoms with E-state index in [2.05, 4.69) is 22.6 Å². The average Bonchev–Trinajstić information content (AvgIpc) is 2.09. The Kier molecular flexibility index (Phi) is 4.14. The van der Waals surface area contributed by atoms with Crippen LogP contribution in [0.4, 0.5) is 0 Å². The number of benzene rings is 1. The number of halogens is 1. The number of allylic oxidation sites excluding steroid dienone is 1. The molecule has 0 bridgehead atoms. The Morgan fingerprint density at radius 2 is 2.17 bits per heavy atom. The lowest BCUT2D eigenvalue weighted by Crippen LogP contribution is -1.94. The Morgan fingerprint density at radius 1 is 1.42 bits per heavy atom. The van der Waals surface area contributed by atoms with Crippen molar-refractivity contribution in [3.8, 4) is 5.75 Å². The van der Waals surface area contributed by atoms with Crippen molar-refractivity contribution in [3.05, 3.63) is 40.0 Å². The minimum Gasteiger partial charge on any atom is -0.488 e. The molecule has 0 saturated carbocycles. The van der Waals surface area contributed by atoms with Gasteiger partial charge in [0.1, 0.15) is 12.4 Å². The first-order chi connectivity index (χ1) is 5.84. The van der Waals surface area contributed by atoms with Crippen LogP contribution in [0, 0.1) is 3.57 Å². The van der Waals surface area contributed by atoms with Crippen molar-refractivity contribution in [1.29, 1.82) is 0 Å². The first kappa shape index (κ1) is 9.58. The lowest BCUT2D eigenvalue weighted by molar-refractivity contribution is 0.360. The van der Waals surface area contributed by atoms with E-state index in [1.54, 1.807) is 0 Å². The van der Waals surface area contributed by atoms with Gasteiger partial charge in [0.15, 0.2) is 0 Å². The number of ether oxygens (including phenoxy) is 1. The van der Waals surface area contributed by atoms with E-state index in [0.29, 0.717) is 6.61 Å². The summed E-state index contributed by atoms with van der Waals surface area (Å²) in [5.74, 6) is 0.955. The van der Waals surface area contributed by atoms with Crippen LogP contribution in [0.1, 0.15) is 6.92 Å². The van der Waals surface area contributed by atoms with Crippen LogP contribution in [-0.4, -0.2) is 6.61 Å². The highest BCUT2D eigenvalue weighted by Gasteiger charge is 1.95. The van der Waals surface area contributed by atoms with E-state index in [0.717, 1.165) is 9.32 Å². The Morgan fingerprint density at radius 3 is 2.83 bits per heavy atom. The smallest absolute Gasteiger partial charge is 0.133 e. The van der Waals surface area contributed by atoms with Crippen LogP contribution >= 0.6 is 22.6 Å². The Bertz CT molecular complexity index is 268. The number of hydrogen-bond donors (Lipinski definition) is 0. The van der Waals surface area contributed by atoms with Gasteiger partial charge in [-0.1, -0.05) is 24.3 Å². The van der Waals surface area contributed by atoms with Gasteiger partial charge in [0.2, 0.25) is 0 Å². The molecule has 0 fully saturated rings. The quantitative estimate of drug-likeness (QED) is 0.607. The van der Waals surface area contributed by atoms with Gasteiger partial charge in [-0.25, -0.2) is 0 Å². The first-order valence-electron chi connectivity index (χ1n) is 3.83. The molecule has 0 aliphatic rings. The summed E-state index contributed by atoms with van der Waals surface area (Å²) in [5, 5.41) is 0. The summed E-state index contributed by atoms with van der Waals surface area (Å²) in [5.41, 5.74) is 0. The third kappa shape index (κ3) is 2.85. The summed E-state index contributed by atoms with van der Waals surface area (Å²) in [6.07, 6.45) is 3.97. The van der Waals surface area contributed by atoms with Crippen LogP contribution < -0.4 is 4.74 Å². The SMILES string of the molecule is C/C=C/COc1ccccc1I. The van der Waals surface area contributed by atoms with Crippen LogP contribution in [0.2, 0.25) is 0 Å². The lowest BCUT2D eigenvalue weighted by atomic mass is 10.3. The zero-order valence-electron chi connectivity index (χ0n) is 6.96. The predicted octanol–water partition coefficient (Wildman–Crippen LogP) is 3.25. The molecule has 0 heterocycles. The maximum absolute atomic E-state index is 5.48. The Balaban J connectivity index is 2.57. The normalized spacial score (nSPS) is 10.5. The molecule has 0 saturated heterocycles. The topological polar surface area (TPSA) is 9.23 Å². The van der Waals surface area contributed by atoms with E-state index >= 15 is 0 Å². The predicted molar refractivity (Wildman–Crippen MR) is 59.5 cm³/mol. The highest BCUT2D eigenvalue weighted by atomic mass is 127. The molecule has 0 unspecified atom stereocenters. The zero-order chi connectivity index (χ0) is 8.81. The van der Waals surface area contributed by atoms with Gasteiger partial charge in [-0.2, -0.15) is 0 Å². The molecular weight excluding hydrogens is 263 g/mol. The Hall–Kier alpha value is -0.510. The fourth-order valence-electron chi connectivity index (χ4n) is 0.796. The molecule has 0 amide bonds. The van der Waals surface area contributed by atoms with E-state index in [-0.39, 0.29) is 0 Å². The van der Waals surface area contributed by atoms with Gasteiger partial charge in [-0.05, 0) is 41.6 Å². The zero-order valence-corrected chi connectivity index (χ0v) is 9.11. The molecule has 0 aromatic heterocycles. The van der Waals surface area contributed by atoms with Crippen LogP contribution in [0.3, 0.4) is 0 Å². The van der Waals surface area contributed by atoms with E-state index in [1.807, 2.05) is 43.3 Å². The van der Waals surface area contributed by atoms with Crippen LogP contribution in [-0.2, 0) is 0 Å². The van der Waals surface area contributed by atoms with Crippen molar-refractivity contribution >= 4 is 22.6 Å². The van der Waals surface area contributed by atoms with E-state index in [9.17, 15) is 0 Å². The maximum atomic E-state index is 5.48. The monoisotopic (exact) mass is 274 g/mol. The van der Waals surface area contributed by atoms with Crippen LogP contribution in [0.25, 0.3) is 0 Å². The van der Waals surface area contributed by atoms with Gasteiger partial charge in [-0.3, -0.25) is 0 Å². The second-order valence-corrected chi connectivity index (χ2v) is 3.47. The maximum Gasteiger partial charge on any atom is 0.133 e. The summed E-state index contributed by atoms with van der Waals surface area (Å²) in [7, 11) is 0. The molecule has 0 radical (unpaired) electrons. The standard InChI is InChI=1S/C10H11IO/c1-2-3-8-12-10-7-5-4-6-9(10)11/h2-7H,8H2,1H3/b3-2+. The number of rotatable bonds is 3. The molecule has 1 aromatic carbocycles. The van der Waals surface area contributed by atoms with Crippen LogP contribution in [0.5, 0.6) is 5.75 Å². The molecule has 1 aromatic rings. The molecule has 0 aliphatic carbocycles. The first-order valence-corrected chi connectivity index (χ1v) is 4.91. The second-order valence-electron chi connectivity index (χ2n) is 2.31. The highest BCUT2D eigenvalue weighted by molar-refractivity contribution is 14.1. The lowest BCUT2D eigenvalue weighted by Gasteiger charge is -2.04. The summed E-state index contributed by atoms with van der Waals surface area (Å²) in [6.45, 7) is 2.63. The van der Waals surface area contributed by atoms with E-state index < -0.39 is 0 Å². The van der Waals surface area contributed by atoms with Gasteiger partial charge < -0.3 is 4.74 Å². The minimum atomic E-state index is 0.649. The fourth-order valence-corrected chi connectivity index (χ4v) is 1.34. The molecule has 12 heavy (non-hydrogen) atoms. The van der Waals surface area contributed by atoms with Crippen molar-refractivity contribution in [2.75, 3.05) is 6.61 Å². The average molecular weight is 274 g/mol. The third-order valence-corrected chi connectivity index (χ3v) is 2.30. The Labute approximate surface area is 86.6 Å². The largest absolute Gasteiger partial charge is 0.488 e. The van der Waals surface area contributed by atoms with Gasteiger partial charge in [0.25, 0.3) is 0 Å². The van der Waals surface area contributed by atoms with Gasteiger partial charge in [0.05, 0.1) is 3.57 Å². The van der Waals surface area contributed by atoms with Crippen molar-refractivity contribution < 1.29 is 4.74 Å². The molecular formula is C10H11IO. The van der Waals surface area contributed by atoms with Gasteiger partial charge in [-0.15, -0.1) is 0 Å². The molecule has 0 N–H and O–H groups in total. The van der Waals surface area contributed by atoms with E-state index in [4.69, 9.17) is 4.74 Å². The number of para-hydroxylation sites is 1. The summed E-state index contributed by atoms with van der Waals surface area (Å²) >= 11 is 2.26. The van der Waals surface area contributed by atoms with Crippen molar-refractivity contribution in [1.82, 2.24) is 0 Å². The minimum absolute atomic E-state index is 0.649. The highest BCUT2D eigenvalue weighted by Crippen LogP contribution is 2.19. The fraction of sp³-hybridized carbons (Fsp3) is 0.200. The van der Waals surface area contributed by atoms with Crippen LogP contribution in [0.15, 0.2) is 36.4 Å². The second kappa shape index (κ2) is 5.19. The van der Waals surface area contributed by atoms with Gasteiger partial charge in [0, 0.05) is 0 Å². The van der Waals surface area contributed by atoms with Gasteiger partial charge >= 0.3 is 0 Å². The molecule has 2 heteroatoms. The molecule has 0 spiro atoms. The molecule has 0 atom stereocenters. The summed E-state index contributed by atoms with van der Waals surface area (Å²) in [4.78, 5) is 0. The number of hydrogen-bond acceptors (Lipinski definition) is 1. The molecule has 64 valence electrons. The summed E-state index contributed by atoms with van der Waals surface area (Å²) in [6, 6.07) is 7.99. The van der Waals surface area contributed by atoms with E-state index in [1.165, 1.54) is 0 Å². The van der Waals surface area contributed by atoms with Crippen molar-refractivity contribution in [2.45, 2.75) is 6.92 Å². The molecule has 1 nitrogen and oxygen atoms in total. The molecule has 0 aliphatic heterocycles. The van der Waals surface area contributed by atoms with Crippen molar-refractivity contribution in [2.24, 2.45) is 0 Å². The molecule has 1 rings (SSSR count). The third-order valence-electron chi connectivity index (χ3n) is 1.41. The summed E-state index contributed by atoms with van der Waals surface area (Å²) < 4.78 is 6.64.